The van der Waals surface area contributed by atoms with Gasteiger partial charge in [-0.1, -0.05) is 12.1 Å². The van der Waals surface area contributed by atoms with Gasteiger partial charge in [0.1, 0.15) is 16.2 Å². The van der Waals surface area contributed by atoms with Crippen molar-refractivity contribution in [1.82, 2.24) is 9.38 Å². The SMILES string of the molecule is CCOC(=O)c1c(=O)c2ccc(N3CCOCC3)nc2n2c1sc1ccccc12. The van der Waals surface area contributed by atoms with E-state index in [0.29, 0.717) is 29.1 Å². The predicted octanol–water partition coefficient (Wildman–Crippen LogP) is 3.08. The summed E-state index contributed by atoms with van der Waals surface area (Å²) in [4.78, 5) is 33.4. The topological polar surface area (TPSA) is 73.1 Å². The molecule has 4 heterocycles. The van der Waals surface area contributed by atoms with Crippen molar-refractivity contribution in [2.75, 3.05) is 37.8 Å². The fourth-order valence-corrected chi connectivity index (χ4v) is 4.90. The Morgan fingerprint density at radius 3 is 2.79 bits per heavy atom. The number of pyridine rings is 2. The van der Waals surface area contributed by atoms with Crippen LogP contribution in [0.2, 0.25) is 0 Å². The average molecular weight is 409 g/mol. The minimum absolute atomic E-state index is 0.0708. The quantitative estimate of drug-likeness (QED) is 0.484. The van der Waals surface area contributed by atoms with Gasteiger partial charge in [-0.05, 0) is 31.2 Å². The first kappa shape index (κ1) is 18.1. The molecule has 3 aromatic heterocycles. The zero-order chi connectivity index (χ0) is 20.0. The summed E-state index contributed by atoms with van der Waals surface area (Å²) in [6, 6.07) is 11.4. The van der Waals surface area contributed by atoms with Gasteiger partial charge in [0.25, 0.3) is 0 Å². The molecular weight excluding hydrogens is 390 g/mol. The van der Waals surface area contributed by atoms with Crippen molar-refractivity contribution in [3.05, 3.63) is 52.2 Å². The van der Waals surface area contributed by atoms with Crippen molar-refractivity contribution in [3.63, 3.8) is 0 Å². The number of aromatic nitrogens is 2. The van der Waals surface area contributed by atoms with E-state index in [1.807, 2.05) is 34.7 Å². The molecule has 0 aliphatic carbocycles. The summed E-state index contributed by atoms with van der Waals surface area (Å²) in [5.74, 6) is 0.203. The number of nitrogens with zero attached hydrogens (tertiary/aromatic N) is 3. The lowest BCUT2D eigenvalue weighted by atomic mass is 10.2. The Morgan fingerprint density at radius 2 is 2.00 bits per heavy atom. The normalized spacial score (nSPS) is 14.7. The molecule has 0 amide bonds. The number of fused-ring (bicyclic) bond motifs is 5. The van der Waals surface area contributed by atoms with Crippen LogP contribution in [0.25, 0.3) is 26.1 Å². The van der Waals surface area contributed by atoms with E-state index in [9.17, 15) is 9.59 Å². The Morgan fingerprint density at radius 1 is 1.21 bits per heavy atom. The molecule has 8 heteroatoms. The highest BCUT2D eigenvalue weighted by Crippen LogP contribution is 2.31. The third-order valence-electron chi connectivity index (χ3n) is 5.09. The fraction of sp³-hybridized carbons (Fsp3) is 0.286. The van der Waals surface area contributed by atoms with E-state index in [1.165, 1.54) is 11.3 Å². The van der Waals surface area contributed by atoms with E-state index >= 15 is 0 Å². The molecule has 7 nitrogen and oxygen atoms in total. The zero-order valence-electron chi connectivity index (χ0n) is 15.9. The summed E-state index contributed by atoms with van der Waals surface area (Å²) in [6.45, 7) is 4.75. The molecule has 0 bridgehead atoms. The Kier molecular flexibility index (Phi) is 4.44. The molecule has 1 aliphatic heterocycles. The van der Waals surface area contributed by atoms with Gasteiger partial charge in [-0.15, -0.1) is 11.3 Å². The lowest BCUT2D eigenvalue weighted by molar-refractivity contribution is 0.0527. The molecular formula is C21H19N3O4S. The van der Waals surface area contributed by atoms with Crippen molar-refractivity contribution in [3.8, 4) is 0 Å². The van der Waals surface area contributed by atoms with Gasteiger partial charge < -0.3 is 14.4 Å². The monoisotopic (exact) mass is 409 g/mol. The van der Waals surface area contributed by atoms with Crippen LogP contribution in [0.1, 0.15) is 17.3 Å². The maximum Gasteiger partial charge on any atom is 0.345 e. The first-order valence-corrected chi connectivity index (χ1v) is 10.4. The first-order chi connectivity index (χ1) is 14.2. The van der Waals surface area contributed by atoms with E-state index in [1.54, 1.807) is 13.0 Å². The summed E-state index contributed by atoms with van der Waals surface area (Å²) in [5.41, 5.74) is 1.20. The van der Waals surface area contributed by atoms with Gasteiger partial charge in [0.05, 0.1) is 35.4 Å². The number of rotatable bonds is 3. The standard InChI is InChI=1S/C21H19N3O4S/c1-2-28-21(26)17-18(25)13-7-8-16(23-9-11-27-12-10-23)22-19(13)24-14-5-3-4-6-15(14)29-20(17)24/h3-8H,2,9-12H2,1H3. The number of para-hydroxylation sites is 1. The molecule has 0 N–H and O–H groups in total. The molecule has 1 aromatic carbocycles. The molecule has 0 radical (unpaired) electrons. The van der Waals surface area contributed by atoms with Gasteiger partial charge >= 0.3 is 5.97 Å². The van der Waals surface area contributed by atoms with Crippen LogP contribution in [0, 0.1) is 0 Å². The van der Waals surface area contributed by atoms with Gasteiger partial charge in [0.15, 0.2) is 5.65 Å². The number of carbonyl (C=O) groups is 1. The molecule has 0 saturated carbocycles. The Labute approximate surface area is 170 Å². The minimum atomic E-state index is -0.597. The molecule has 4 aromatic rings. The minimum Gasteiger partial charge on any atom is -0.462 e. The second kappa shape index (κ2) is 7.13. The third kappa shape index (κ3) is 2.87. The van der Waals surface area contributed by atoms with Crippen molar-refractivity contribution in [2.24, 2.45) is 0 Å². The highest BCUT2D eigenvalue weighted by Gasteiger charge is 2.24. The Hall–Kier alpha value is -2.97. The van der Waals surface area contributed by atoms with Crippen LogP contribution in [0.4, 0.5) is 5.82 Å². The fourth-order valence-electron chi connectivity index (χ4n) is 3.73. The molecule has 1 aliphatic rings. The number of carbonyl (C=O) groups excluding carboxylic acids is 1. The van der Waals surface area contributed by atoms with Crippen LogP contribution in [0.5, 0.6) is 0 Å². The first-order valence-electron chi connectivity index (χ1n) is 9.56. The molecule has 1 saturated heterocycles. The van der Waals surface area contributed by atoms with Crippen LogP contribution in [-0.4, -0.2) is 48.3 Å². The number of esters is 1. The number of thiazole rings is 1. The number of hydrogen-bond acceptors (Lipinski definition) is 7. The maximum atomic E-state index is 13.2. The van der Waals surface area contributed by atoms with E-state index in [-0.39, 0.29) is 17.6 Å². The molecule has 5 rings (SSSR count). The maximum absolute atomic E-state index is 13.2. The van der Waals surface area contributed by atoms with Crippen LogP contribution in [0.3, 0.4) is 0 Å². The lowest BCUT2D eigenvalue weighted by Gasteiger charge is -2.27. The molecule has 0 unspecified atom stereocenters. The van der Waals surface area contributed by atoms with Gasteiger partial charge in [-0.25, -0.2) is 9.78 Å². The highest BCUT2D eigenvalue weighted by atomic mass is 32.1. The number of hydrogen-bond donors (Lipinski definition) is 0. The van der Waals surface area contributed by atoms with Gasteiger partial charge in [-0.3, -0.25) is 9.20 Å². The Balaban J connectivity index is 1.87. The van der Waals surface area contributed by atoms with Gasteiger partial charge in [0.2, 0.25) is 5.43 Å². The van der Waals surface area contributed by atoms with Crippen molar-refractivity contribution >= 4 is 49.2 Å². The Bertz CT molecular complexity index is 1300. The third-order valence-corrected chi connectivity index (χ3v) is 6.23. The van der Waals surface area contributed by atoms with Crippen molar-refractivity contribution in [1.29, 1.82) is 0 Å². The van der Waals surface area contributed by atoms with Crippen LogP contribution in [0.15, 0.2) is 41.2 Å². The summed E-state index contributed by atoms with van der Waals surface area (Å²) in [5, 5.41) is 0.408. The van der Waals surface area contributed by atoms with Crippen molar-refractivity contribution in [2.45, 2.75) is 6.92 Å². The summed E-state index contributed by atoms with van der Waals surface area (Å²) >= 11 is 1.40. The molecule has 148 valence electrons. The zero-order valence-corrected chi connectivity index (χ0v) is 16.7. The number of anilines is 1. The number of ether oxygens (including phenoxy) is 2. The summed E-state index contributed by atoms with van der Waals surface area (Å²) in [6.07, 6.45) is 0. The van der Waals surface area contributed by atoms with E-state index in [4.69, 9.17) is 14.5 Å². The van der Waals surface area contributed by atoms with E-state index < -0.39 is 5.97 Å². The molecule has 0 spiro atoms. The van der Waals surface area contributed by atoms with Crippen molar-refractivity contribution < 1.29 is 14.3 Å². The molecule has 0 atom stereocenters. The summed E-state index contributed by atoms with van der Waals surface area (Å²) < 4.78 is 13.5. The van der Waals surface area contributed by atoms with E-state index in [0.717, 1.165) is 29.1 Å². The van der Waals surface area contributed by atoms with Gasteiger partial charge in [-0.2, -0.15) is 0 Å². The smallest absolute Gasteiger partial charge is 0.345 e. The second-order valence-electron chi connectivity index (χ2n) is 6.77. The largest absolute Gasteiger partial charge is 0.462 e. The van der Waals surface area contributed by atoms with E-state index in [2.05, 4.69) is 4.90 Å². The lowest BCUT2D eigenvalue weighted by Crippen LogP contribution is -2.36. The van der Waals surface area contributed by atoms with Crippen LogP contribution >= 0.6 is 11.3 Å². The summed E-state index contributed by atoms with van der Waals surface area (Å²) in [7, 11) is 0. The number of morpholine rings is 1. The second-order valence-corrected chi connectivity index (χ2v) is 7.81. The highest BCUT2D eigenvalue weighted by molar-refractivity contribution is 7.24. The average Bonchev–Trinajstić information content (AvgIpc) is 3.13. The molecule has 1 fully saturated rings. The predicted molar refractivity (Wildman–Crippen MR) is 113 cm³/mol. The molecule has 29 heavy (non-hydrogen) atoms. The number of benzene rings is 1. The van der Waals surface area contributed by atoms with Crippen LogP contribution in [-0.2, 0) is 9.47 Å². The van der Waals surface area contributed by atoms with Gasteiger partial charge in [0, 0.05) is 13.1 Å². The van der Waals surface area contributed by atoms with Crippen LogP contribution < -0.4 is 10.3 Å².